The predicted molar refractivity (Wildman–Crippen MR) is 82.3 cm³/mol. The van der Waals surface area contributed by atoms with Crippen LogP contribution in [0.4, 0.5) is 0 Å². The van der Waals surface area contributed by atoms with Crippen LogP contribution in [0.2, 0.25) is 0 Å². The molecule has 0 spiro atoms. The highest BCUT2D eigenvalue weighted by molar-refractivity contribution is 4.59. The van der Waals surface area contributed by atoms with Crippen LogP contribution in [-0.4, -0.2) is 0 Å². The van der Waals surface area contributed by atoms with Crippen LogP contribution in [0.15, 0.2) is 0 Å². The third kappa shape index (κ3) is 29.2. The molecule has 0 aromatic rings. The molecule has 0 heteroatoms. The van der Waals surface area contributed by atoms with Crippen molar-refractivity contribution in [2.45, 2.75) is 101 Å². The van der Waals surface area contributed by atoms with Gasteiger partial charge in [0.25, 0.3) is 0 Å². The zero-order chi connectivity index (χ0) is 12.5. The Bertz CT molecular complexity index is 58.4. The maximum Gasteiger partial charge on any atom is -0.0443 e. The lowest BCUT2D eigenvalue weighted by Crippen LogP contribution is -1.99. The van der Waals surface area contributed by atoms with Crippen molar-refractivity contribution in [1.82, 2.24) is 0 Å². The fourth-order valence-electron chi connectivity index (χ4n) is 1.31. The Labute approximate surface area is 107 Å². The van der Waals surface area contributed by atoms with Gasteiger partial charge in [0.15, 0.2) is 0 Å². The van der Waals surface area contributed by atoms with E-state index in [-0.39, 0.29) is 7.43 Å². The zero-order valence-corrected chi connectivity index (χ0v) is 12.5. The lowest BCUT2D eigenvalue weighted by atomic mass is 9.91. The van der Waals surface area contributed by atoms with Crippen LogP contribution in [0.25, 0.3) is 0 Å². The van der Waals surface area contributed by atoms with Crippen LogP contribution in [-0.2, 0) is 0 Å². The van der Waals surface area contributed by atoms with Crippen molar-refractivity contribution in [3.8, 4) is 0 Å². The van der Waals surface area contributed by atoms with E-state index in [9.17, 15) is 0 Å². The Balaban J connectivity index is -0.0000000702. The van der Waals surface area contributed by atoms with Crippen LogP contribution in [0.5, 0.6) is 0 Å². The molecule has 0 bridgehead atoms. The van der Waals surface area contributed by atoms with Gasteiger partial charge in [-0.25, -0.2) is 0 Å². The average molecular weight is 232 g/mol. The maximum atomic E-state index is 2.36. The summed E-state index contributed by atoms with van der Waals surface area (Å²) in [5.41, 5.74) is 0. The molecule has 0 atom stereocenters. The second-order valence-corrected chi connectivity index (χ2v) is 3.74. The highest BCUT2D eigenvalue weighted by Crippen LogP contribution is 2.22. The maximum absolute atomic E-state index is 2.36. The molecule has 0 N–H and O–H groups in total. The minimum absolute atomic E-state index is 0. The first-order valence-corrected chi connectivity index (χ1v) is 7.31. The van der Waals surface area contributed by atoms with E-state index in [0.717, 1.165) is 5.92 Å². The summed E-state index contributed by atoms with van der Waals surface area (Å²) in [6, 6.07) is 0. The standard InChI is InChI=1S/C7H14.C4H10.2C2H6.CH4/c1-7-5-3-2-4-6-7;1-3-4-2;2*1-2;/h7H,2-6H2,1H3;3-4H2,1-2H3;2*1-2H3;1H4. The van der Waals surface area contributed by atoms with Gasteiger partial charge < -0.3 is 0 Å². The molecule has 1 rings (SSSR count). The molecule has 1 aliphatic rings. The number of rotatable bonds is 1. The topological polar surface area (TPSA) is 0 Å². The summed E-state index contributed by atoms with van der Waals surface area (Å²) in [5, 5.41) is 0. The third-order valence-electron chi connectivity index (χ3n) is 2.39. The van der Waals surface area contributed by atoms with Crippen molar-refractivity contribution in [3.63, 3.8) is 0 Å². The fourth-order valence-corrected chi connectivity index (χ4v) is 1.31. The van der Waals surface area contributed by atoms with Crippen molar-refractivity contribution in [1.29, 1.82) is 0 Å². The predicted octanol–water partition coefficient (Wildman–Crippen LogP) is 7.08. The van der Waals surface area contributed by atoms with Crippen LogP contribution in [0.1, 0.15) is 101 Å². The molecule has 1 saturated carbocycles. The van der Waals surface area contributed by atoms with Crippen LogP contribution < -0.4 is 0 Å². The Hall–Kier alpha value is 0. The van der Waals surface area contributed by atoms with Crippen molar-refractivity contribution in [2.75, 3.05) is 0 Å². The molecule has 0 aromatic heterocycles. The van der Waals surface area contributed by atoms with Gasteiger partial charge in [-0.3, -0.25) is 0 Å². The molecular weight excluding hydrogens is 192 g/mol. The third-order valence-corrected chi connectivity index (χ3v) is 2.39. The smallest absolute Gasteiger partial charge is 0.0443 e. The first-order valence-electron chi connectivity index (χ1n) is 7.31. The highest BCUT2D eigenvalue weighted by atomic mass is 14.1. The molecule has 0 amide bonds. The van der Waals surface area contributed by atoms with Crippen LogP contribution in [0.3, 0.4) is 0 Å². The Morgan fingerprint density at radius 2 is 1.06 bits per heavy atom. The van der Waals surface area contributed by atoms with Gasteiger partial charge in [0.1, 0.15) is 0 Å². The van der Waals surface area contributed by atoms with Crippen molar-refractivity contribution >= 4 is 0 Å². The summed E-state index contributed by atoms with van der Waals surface area (Å²) < 4.78 is 0. The molecule has 0 aliphatic heterocycles. The lowest BCUT2D eigenvalue weighted by molar-refractivity contribution is 0.385. The summed E-state index contributed by atoms with van der Waals surface area (Å²) in [7, 11) is 0. The molecule has 16 heavy (non-hydrogen) atoms. The monoisotopic (exact) mass is 232 g/mol. The van der Waals surface area contributed by atoms with Gasteiger partial charge in [-0.15, -0.1) is 0 Å². The highest BCUT2D eigenvalue weighted by Gasteiger charge is 2.05. The average Bonchev–Trinajstić information content (AvgIpc) is 2.35. The van der Waals surface area contributed by atoms with E-state index < -0.39 is 0 Å². The Kier molecular flexibility index (Phi) is 45.9. The van der Waals surface area contributed by atoms with Crippen molar-refractivity contribution < 1.29 is 0 Å². The van der Waals surface area contributed by atoms with Crippen molar-refractivity contribution in [2.24, 2.45) is 5.92 Å². The molecule has 1 fully saturated rings. The number of hydrogen-bond donors (Lipinski definition) is 0. The summed E-state index contributed by atoms with van der Waals surface area (Å²) in [6.45, 7) is 14.7. The SMILES string of the molecule is C.CC.CC.CC1CCCCC1.CCCC. The van der Waals surface area contributed by atoms with Crippen LogP contribution in [0, 0.1) is 5.92 Å². The summed E-state index contributed by atoms with van der Waals surface area (Å²) in [4.78, 5) is 0. The Morgan fingerprint density at radius 3 is 1.19 bits per heavy atom. The summed E-state index contributed by atoms with van der Waals surface area (Å²) in [5.74, 6) is 1.04. The lowest BCUT2D eigenvalue weighted by Gasteiger charge is -2.15. The second-order valence-electron chi connectivity index (χ2n) is 3.74. The van der Waals surface area contributed by atoms with Gasteiger partial charge in [-0.1, -0.05) is 101 Å². The first-order chi connectivity index (χ1) is 7.31. The van der Waals surface area contributed by atoms with E-state index in [1.165, 1.54) is 44.9 Å². The van der Waals surface area contributed by atoms with E-state index in [0.29, 0.717) is 0 Å². The second kappa shape index (κ2) is 29.4. The van der Waals surface area contributed by atoms with E-state index in [1.54, 1.807) is 0 Å². The zero-order valence-electron chi connectivity index (χ0n) is 12.5. The molecule has 0 saturated heterocycles. The van der Waals surface area contributed by atoms with Gasteiger partial charge >= 0.3 is 0 Å². The molecule has 0 unspecified atom stereocenters. The Morgan fingerprint density at radius 1 is 0.750 bits per heavy atom. The van der Waals surface area contributed by atoms with Gasteiger partial charge in [-0.05, 0) is 5.92 Å². The molecule has 104 valence electrons. The van der Waals surface area contributed by atoms with E-state index in [2.05, 4.69) is 20.8 Å². The number of hydrogen-bond acceptors (Lipinski definition) is 0. The molecule has 1 aliphatic carbocycles. The number of unbranched alkanes of at least 4 members (excludes halogenated alkanes) is 1. The quantitative estimate of drug-likeness (QED) is 0.453. The summed E-state index contributed by atoms with van der Waals surface area (Å²) >= 11 is 0. The minimum atomic E-state index is 0. The van der Waals surface area contributed by atoms with Gasteiger partial charge in [0.05, 0.1) is 0 Å². The van der Waals surface area contributed by atoms with Gasteiger partial charge in [-0.2, -0.15) is 0 Å². The van der Waals surface area contributed by atoms with Gasteiger partial charge in [0.2, 0.25) is 0 Å². The molecule has 0 heterocycles. The van der Waals surface area contributed by atoms with Crippen molar-refractivity contribution in [3.05, 3.63) is 0 Å². The largest absolute Gasteiger partial charge is 0.0776 e. The minimum Gasteiger partial charge on any atom is -0.0776 e. The van der Waals surface area contributed by atoms with Crippen LogP contribution >= 0.6 is 0 Å². The molecular formula is C16H40. The first kappa shape index (κ1) is 25.0. The van der Waals surface area contributed by atoms with E-state index in [1.807, 2.05) is 27.7 Å². The normalized spacial score (nSPS) is 13.7. The summed E-state index contributed by atoms with van der Waals surface area (Å²) in [6.07, 6.45) is 10.1. The molecule has 0 aromatic carbocycles. The molecule has 0 nitrogen and oxygen atoms in total. The van der Waals surface area contributed by atoms with E-state index >= 15 is 0 Å². The fraction of sp³-hybridized carbons (Fsp3) is 1.00. The molecule has 0 radical (unpaired) electrons. The van der Waals surface area contributed by atoms with Gasteiger partial charge in [0, 0.05) is 0 Å². The van der Waals surface area contributed by atoms with E-state index in [4.69, 9.17) is 0 Å².